The molecule has 2 rings (SSSR count). The number of furan rings is 1. The number of halogens is 1. The van der Waals surface area contributed by atoms with Crippen LogP contribution in [0.2, 0.25) is 0 Å². The number of non-ortho nitro benzene ring substituents is 1. The lowest BCUT2D eigenvalue weighted by Gasteiger charge is -2.02. The fourth-order valence-corrected chi connectivity index (χ4v) is 2.12. The number of nitro groups is 1. The van der Waals surface area contributed by atoms with E-state index >= 15 is 0 Å². The van der Waals surface area contributed by atoms with Crippen LogP contribution < -0.4 is 5.32 Å². The van der Waals surface area contributed by atoms with Crippen LogP contribution in [0.5, 0.6) is 0 Å². The van der Waals surface area contributed by atoms with Crippen LogP contribution in [0.25, 0.3) is 11.3 Å². The first kappa shape index (κ1) is 13.8. The van der Waals surface area contributed by atoms with Gasteiger partial charge in [0.2, 0.25) is 0 Å². The van der Waals surface area contributed by atoms with Crippen molar-refractivity contribution in [3.63, 3.8) is 0 Å². The first-order valence-corrected chi connectivity index (χ1v) is 6.65. The van der Waals surface area contributed by atoms with Crippen LogP contribution in [0.1, 0.15) is 12.7 Å². The van der Waals surface area contributed by atoms with Crippen LogP contribution in [0.15, 0.2) is 39.2 Å². The molecule has 2 aromatic rings. The molecule has 0 bridgehead atoms. The average Bonchev–Trinajstić information content (AvgIpc) is 2.85. The Labute approximate surface area is 118 Å². The molecule has 1 N–H and O–H groups in total. The van der Waals surface area contributed by atoms with Crippen LogP contribution in [-0.2, 0) is 6.54 Å². The second-order valence-corrected chi connectivity index (χ2v) is 4.82. The standard InChI is InChI=1S/C13H13BrN2O3/c1-2-15-8-10-4-6-13(19-10)11-7-9(16(17)18)3-5-12(11)14/h3-7,15H,2,8H2,1H3. The van der Waals surface area contributed by atoms with Crippen molar-refractivity contribution in [1.29, 1.82) is 0 Å². The van der Waals surface area contributed by atoms with E-state index in [0.717, 1.165) is 16.8 Å². The van der Waals surface area contributed by atoms with E-state index in [2.05, 4.69) is 21.2 Å². The van der Waals surface area contributed by atoms with Gasteiger partial charge in [0, 0.05) is 22.2 Å². The normalized spacial score (nSPS) is 10.6. The lowest BCUT2D eigenvalue weighted by Crippen LogP contribution is -2.10. The highest BCUT2D eigenvalue weighted by Crippen LogP contribution is 2.32. The molecule has 1 aromatic carbocycles. The molecule has 19 heavy (non-hydrogen) atoms. The third kappa shape index (κ3) is 3.21. The molecule has 0 radical (unpaired) electrons. The molecule has 0 saturated carbocycles. The summed E-state index contributed by atoms with van der Waals surface area (Å²) in [5.41, 5.74) is 0.722. The fraction of sp³-hybridized carbons (Fsp3) is 0.231. The molecule has 1 aromatic heterocycles. The lowest BCUT2D eigenvalue weighted by molar-refractivity contribution is -0.384. The number of hydrogen-bond acceptors (Lipinski definition) is 4. The highest BCUT2D eigenvalue weighted by molar-refractivity contribution is 9.10. The van der Waals surface area contributed by atoms with Crippen molar-refractivity contribution in [3.05, 3.63) is 50.7 Å². The van der Waals surface area contributed by atoms with Crippen molar-refractivity contribution in [3.8, 4) is 11.3 Å². The van der Waals surface area contributed by atoms with Crippen molar-refractivity contribution in [2.75, 3.05) is 6.54 Å². The summed E-state index contributed by atoms with van der Waals surface area (Å²) in [6.07, 6.45) is 0. The first-order chi connectivity index (χ1) is 9.11. The van der Waals surface area contributed by atoms with Gasteiger partial charge in [-0.1, -0.05) is 22.9 Å². The summed E-state index contributed by atoms with van der Waals surface area (Å²) in [4.78, 5) is 10.4. The van der Waals surface area contributed by atoms with Crippen molar-refractivity contribution in [2.45, 2.75) is 13.5 Å². The monoisotopic (exact) mass is 324 g/mol. The Morgan fingerprint density at radius 3 is 2.84 bits per heavy atom. The second-order valence-electron chi connectivity index (χ2n) is 3.97. The molecule has 0 atom stereocenters. The fourth-order valence-electron chi connectivity index (χ4n) is 1.68. The lowest BCUT2D eigenvalue weighted by atomic mass is 10.1. The van der Waals surface area contributed by atoms with Crippen molar-refractivity contribution in [1.82, 2.24) is 5.32 Å². The number of nitrogens with zero attached hydrogens (tertiary/aromatic N) is 1. The first-order valence-electron chi connectivity index (χ1n) is 5.85. The van der Waals surface area contributed by atoms with Gasteiger partial charge < -0.3 is 9.73 Å². The van der Waals surface area contributed by atoms with E-state index in [1.165, 1.54) is 12.1 Å². The van der Waals surface area contributed by atoms with E-state index in [4.69, 9.17) is 4.42 Å². The molecule has 1 heterocycles. The minimum absolute atomic E-state index is 0.0443. The molecule has 0 spiro atoms. The predicted molar refractivity (Wildman–Crippen MR) is 75.9 cm³/mol. The summed E-state index contributed by atoms with van der Waals surface area (Å²) >= 11 is 3.38. The maximum atomic E-state index is 10.8. The van der Waals surface area contributed by atoms with Crippen molar-refractivity contribution >= 4 is 21.6 Å². The Morgan fingerprint density at radius 2 is 2.16 bits per heavy atom. The Kier molecular flexibility index (Phi) is 4.34. The van der Waals surface area contributed by atoms with Crippen LogP contribution in [0.4, 0.5) is 5.69 Å². The molecule has 0 amide bonds. The molecule has 100 valence electrons. The van der Waals surface area contributed by atoms with Gasteiger partial charge in [-0.25, -0.2) is 0 Å². The molecule has 5 nitrogen and oxygen atoms in total. The van der Waals surface area contributed by atoms with E-state index in [-0.39, 0.29) is 5.69 Å². The molecule has 0 aliphatic heterocycles. The third-order valence-corrected chi connectivity index (χ3v) is 3.33. The van der Waals surface area contributed by atoms with E-state index in [0.29, 0.717) is 17.9 Å². The van der Waals surface area contributed by atoms with Gasteiger partial charge in [-0.15, -0.1) is 0 Å². The third-order valence-electron chi connectivity index (χ3n) is 2.64. The maximum absolute atomic E-state index is 10.8. The Bertz CT molecular complexity index is 595. The second kappa shape index (κ2) is 5.99. The summed E-state index contributed by atoms with van der Waals surface area (Å²) in [7, 11) is 0. The highest BCUT2D eigenvalue weighted by Gasteiger charge is 2.13. The molecule has 0 aliphatic carbocycles. The van der Waals surface area contributed by atoms with E-state index in [1.807, 2.05) is 19.1 Å². The molecular formula is C13H13BrN2O3. The van der Waals surface area contributed by atoms with Crippen LogP contribution in [-0.4, -0.2) is 11.5 Å². The molecule has 0 saturated heterocycles. The number of benzene rings is 1. The minimum atomic E-state index is -0.418. The molecule has 0 aliphatic rings. The zero-order valence-corrected chi connectivity index (χ0v) is 11.9. The summed E-state index contributed by atoms with van der Waals surface area (Å²) in [6.45, 7) is 3.51. The summed E-state index contributed by atoms with van der Waals surface area (Å²) in [5, 5.41) is 14.0. The van der Waals surface area contributed by atoms with Gasteiger partial charge in [-0.05, 0) is 24.7 Å². The Balaban J connectivity index is 2.32. The van der Waals surface area contributed by atoms with Gasteiger partial charge in [0.15, 0.2) is 0 Å². The van der Waals surface area contributed by atoms with Gasteiger partial charge in [0.1, 0.15) is 11.5 Å². The van der Waals surface area contributed by atoms with Crippen molar-refractivity contribution < 1.29 is 9.34 Å². The van der Waals surface area contributed by atoms with Gasteiger partial charge in [0.25, 0.3) is 5.69 Å². The van der Waals surface area contributed by atoms with Gasteiger partial charge in [-0.2, -0.15) is 0 Å². The Hall–Kier alpha value is -1.66. The SMILES string of the molecule is CCNCc1ccc(-c2cc([N+](=O)[O-])ccc2Br)o1. The van der Waals surface area contributed by atoms with Crippen molar-refractivity contribution in [2.24, 2.45) is 0 Å². The predicted octanol–water partition coefficient (Wildman–Crippen LogP) is 3.73. The van der Waals surface area contributed by atoms with Gasteiger partial charge in [-0.3, -0.25) is 10.1 Å². The molecule has 0 unspecified atom stereocenters. The zero-order chi connectivity index (χ0) is 13.8. The average molecular weight is 325 g/mol. The highest BCUT2D eigenvalue weighted by atomic mass is 79.9. The smallest absolute Gasteiger partial charge is 0.270 e. The molecular weight excluding hydrogens is 312 g/mol. The van der Waals surface area contributed by atoms with Crippen LogP contribution >= 0.6 is 15.9 Å². The zero-order valence-electron chi connectivity index (χ0n) is 10.4. The summed E-state index contributed by atoms with van der Waals surface area (Å²) < 4.78 is 6.44. The molecule has 6 heteroatoms. The largest absolute Gasteiger partial charge is 0.460 e. The number of nitro benzene ring substituents is 1. The Morgan fingerprint density at radius 1 is 1.37 bits per heavy atom. The van der Waals surface area contributed by atoms with E-state index in [9.17, 15) is 10.1 Å². The van der Waals surface area contributed by atoms with Gasteiger partial charge in [0.05, 0.1) is 11.5 Å². The summed E-state index contributed by atoms with van der Waals surface area (Å²) in [6, 6.07) is 8.29. The van der Waals surface area contributed by atoms with E-state index in [1.54, 1.807) is 6.07 Å². The van der Waals surface area contributed by atoms with Crippen LogP contribution in [0.3, 0.4) is 0 Å². The topological polar surface area (TPSA) is 68.3 Å². The number of hydrogen-bond donors (Lipinski definition) is 1. The number of nitrogens with one attached hydrogen (secondary N) is 1. The molecule has 0 fully saturated rings. The maximum Gasteiger partial charge on any atom is 0.270 e. The van der Waals surface area contributed by atoms with E-state index < -0.39 is 4.92 Å². The summed E-state index contributed by atoms with van der Waals surface area (Å²) in [5.74, 6) is 1.42. The van der Waals surface area contributed by atoms with Crippen LogP contribution in [0, 0.1) is 10.1 Å². The quantitative estimate of drug-likeness (QED) is 0.672. The van der Waals surface area contributed by atoms with Gasteiger partial charge >= 0.3 is 0 Å². The number of rotatable bonds is 5. The minimum Gasteiger partial charge on any atom is -0.460 e.